The number of urea groups is 1. The van der Waals surface area contributed by atoms with Gasteiger partial charge in [-0.05, 0) is 18.6 Å². The molecule has 0 saturated carbocycles. The molecule has 3 amide bonds. The molecule has 0 aliphatic carbocycles. The Bertz CT molecular complexity index is 700. The summed E-state index contributed by atoms with van der Waals surface area (Å²) in [6.45, 7) is 2.36. The molecule has 7 nitrogen and oxygen atoms in total. The second-order valence-corrected chi connectivity index (χ2v) is 5.79. The molecule has 0 spiro atoms. The first kappa shape index (κ1) is 14.6. The van der Waals surface area contributed by atoms with Crippen molar-refractivity contribution in [3.8, 4) is 11.5 Å². The third-order valence-electron chi connectivity index (χ3n) is 3.26. The van der Waals surface area contributed by atoms with Gasteiger partial charge >= 0.3 is 6.03 Å². The van der Waals surface area contributed by atoms with E-state index in [1.54, 1.807) is 0 Å². The highest BCUT2D eigenvalue weighted by Crippen LogP contribution is 2.25. The van der Waals surface area contributed by atoms with E-state index in [4.69, 9.17) is 4.42 Å². The number of benzene rings is 1. The van der Waals surface area contributed by atoms with E-state index in [-0.39, 0.29) is 18.5 Å². The molecule has 0 bridgehead atoms. The fraction of sp³-hybridized carbons (Fsp3) is 0.286. The van der Waals surface area contributed by atoms with Crippen LogP contribution in [0.25, 0.3) is 11.5 Å². The highest BCUT2D eigenvalue weighted by atomic mass is 32.2. The van der Waals surface area contributed by atoms with E-state index in [0.29, 0.717) is 23.4 Å². The minimum Gasteiger partial charge on any atom is -0.411 e. The summed E-state index contributed by atoms with van der Waals surface area (Å²) in [5.74, 6) is 0.765. The Kier molecular flexibility index (Phi) is 4.10. The Labute approximate surface area is 131 Å². The highest BCUT2D eigenvalue weighted by molar-refractivity contribution is 7.99. The summed E-state index contributed by atoms with van der Waals surface area (Å²) < 4.78 is 5.61. The first-order valence-electron chi connectivity index (χ1n) is 6.75. The van der Waals surface area contributed by atoms with Gasteiger partial charge in [-0.2, -0.15) is 0 Å². The van der Waals surface area contributed by atoms with Gasteiger partial charge in [-0.3, -0.25) is 9.69 Å². The van der Waals surface area contributed by atoms with E-state index < -0.39 is 0 Å². The lowest BCUT2D eigenvalue weighted by Crippen LogP contribution is -2.32. The number of thioether (sulfide) groups is 1. The zero-order valence-corrected chi connectivity index (χ0v) is 12.7. The number of aromatic nitrogens is 2. The summed E-state index contributed by atoms with van der Waals surface area (Å²) in [5.41, 5.74) is 1.96. The Balaban J connectivity index is 1.60. The van der Waals surface area contributed by atoms with Crippen molar-refractivity contribution in [2.45, 2.75) is 12.1 Å². The van der Waals surface area contributed by atoms with E-state index in [1.165, 1.54) is 16.7 Å². The molecule has 1 aromatic carbocycles. The van der Waals surface area contributed by atoms with E-state index in [2.05, 4.69) is 15.5 Å². The van der Waals surface area contributed by atoms with Gasteiger partial charge in [-0.1, -0.05) is 30.0 Å². The maximum atomic E-state index is 11.4. The molecule has 1 aliphatic heterocycles. The summed E-state index contributed by atoms with van der Waals surface area (Å²) in [6, 6.07) is 7.41. The van der Waals surface area contributed by atoms with Crippen LogP contribution in [0, 0.1) is 6.92 Å². The number of carbonyl (C=O) groups is 2. The molecule has 114 valence electrons. The van der Waals surface area contributed by atoms with Crippen molar-refractivity contribution in [2.24, 2.45) is 0 Å². The van der Waals surface area contributed by atoms with Crippen LogP contribution in [0.4, 0.5) is 4.79 Å². The number of hydrogen-bond acceptors (Lipinski definition) is 6. The second-order valence-electron chi connectivity index (χ2n) is 4.74. The van der Waals surface area contributed by atoms with Gasteiger partial charge in [0, 0.05) is 17.9 Å². The van der Waals surface area contributed by atoms with Crippen LogP contribution in [0.3, 0.4) is 0 Å². The van der Waals surface area contributed by atoms with Gasteiger partial charge in [0.25, 0.3) is 5.22 Å². The third kappa shape index (κ3) is 2.96. The molecule has 1 aromatic heterocycles. The van der Waals surface area contributed by atoms with Crippen molar-refractivity contribution < 1.29 is 14.0 Å². The predicted molar refractivity (Wildman–Crippen MR) is 80.3 cm³/mol. The average molecular weight is 318 g/mol. The minimum absolute atomic E-state index is 0.0709. The topological polar surface area (TPSA) is 88.3 Å². The van der Waals surface area contributed by atoms with Crippen LogP contribution in [0.5, 0.6) is 0 Å². The zero-order chi connectivity index (χ0) is 15.5. The molecule has 0 atom stereocenters. The molecule has 1 saturated heterocycles. The summed E-state index contributed by atoms with van der Waals surface area (Å²) >= 11 is 1.32. The van der Waals surface area contributed by atoms with E-state index in [0.717, 1.165) is 11.1 Å². The van der Waals surface area contributed by atoms with Gasteiger partial charge in [0.05, 0.1) is 6.54 Å². The largest absolute Gasteiger partial charge is 0.411 e. The van der Waals surface area contributed by atoms with Crippen molar-refractivity contribution in [1.82, 2.24) is 20.4 Å². The first-order valence-corrected chi connectivity index (χ1v) is 7.74. The lowest BCUT2D eigenvalue weighted by molar-refractivity contribution is -0.124. The Morgan fingerprint density at radius 1 is 1.32 bits per heavy atom. The van der Waals surface area contributed by atoms with Gasteiger partial charge in [-0.25, -0.2) is 4.79 Å². The van der Waals surface area contributed by atoms with E-state index in [1.807, 2.05) is 31.2 Å². The van der Waals surface area contributed by atoms with Crippen LogP contribution < -0.4 is 5.32 Å². The summed E-state index contributed by atoms with van der Waals surface area (Å²) in [5, 5.41) is 10.9. The molecule has 0 radical (unpaired) electrons. The van der Waals surface area contributed by atoms with Gasteiger partial charge < -0.3 is 9.73 Å². The van der Waals surface area contributed by atoms with Crippen LogP contribution in [-0.2, 0) is 4.79 Å². The molecule has 2 aromatic rings. The van der Waals surface area contributed by atoms with Gasteiger partial charge in [-0.15, -0.1) is 10.2 Å². The van der Waals surface area contributed by atoms with Crippen molar-refractivity contribution >= 4 is 23.7 Å². The van der Waals surface area contributed by atoms with Crippen LogP contribution in [0.2, 0.25) is 0 Å². The molecule has 1 aliphatic rings. The Morgan fingerprint density at radius 3 is 2.86 bits per heavy atom. The molecule has 8 heteroatoms. The Hall–Kier alpha value is -2.35. The normalized spacial score (nSPS) is 14.5. The van der Waals surface area contributed by atoms with E-state index >= 15 is 0 Å². The highest BCUT2D eigenvalue weighted by Gasteiger charge is 2.27. The number of aryl methyl sites for hydroxylation is 1. The molecular formula is C14H14N4O3S. The second kappa shape index (κ2) is 6.18. The van der Waals surface area contributed by atoms with Crippen LogP contribution in [0.15, 0.2) is 33.9 Å². The molecule has 22 heavy (non-hydrogen) atoms. The van der Waals surface area contributed by atoms with Crippen LogP contribution >= 0.6 is 11.8 Å². The smallest absolute Gasteiger partial charge is 0.324 e. The van der Waals surface area contributed by atoms with Crippen molar-refractivity contribution in [2.75, 3.05) is 18.8 Å². The first-order chi connectivity index (χ1) is 10.6. The predicted octanol–water partition coefficient (Wildman–Crippen LogP) is 1.69. The minimum atomic E-state index is -0.350. The number of imide groups is 1. The maximum Gasteiger partial charge on any atom is 0.324 e. The standard InChI is InChI=1S/C14H14N4O3S/c1-9-4-2-3-5-10(9)12-16-17-14(21-12)22-7-6-18-11(19)8-15-13(18)20/h2-5H,6-8H2,1H3,(H,15,20). The number of nitrogens with one attached hydrogen (secondary N) is 1. The van der Waals surface area contributed by atoms with Crippen LogP contribution in [0.1, 0.15) is 5.56 Å². The molecular weight excluding hydrogens is 304 g/mol. The maximum absolute atomic E-state index is 11.4. The van der Waals surface area contributed by atoms with Gasteiger partial charge in [0.15, 0.2) is 0 Å². The third-order valence-corrected chi connectivity index (χ3v) is 4.06. The SMILES string of the molecule is Cc1ccccc1-c1nnc(SCCN2C(=O)CNC2=O)o1. The van der Waals surface area contributed by atoms with Gasteiger partial charge in [0.1, 0.15) is 0 Å². The molecule has 2 heterocycles. The number of amides is 3. The number of rotatable bonds is 5. The number of nitrogens with zero attached hydrogens (tertiary/aromatic N) is 3. The molecule has 3 rings (SSSR count). The average Bonchev–Trinajstić information content (AvgIpc) is 3.09. The van der Waals surface area contributed by atoms with E-state index in [9.17, 15) is 9.59 Å². The lowest BCUT2D eigenvalue weighted by Gasteiger charge is -2.10. The molecule has 1 N–H and O–H groups in total. The number of hydrogen-bond donors (Lipinski definition) is 1. The van der Waals surface area contributed by atoms with Crippen molar-refractivity contribution in [3.63, 3.8) is 0 Å². The van der Waals surface area contributed by atoms with Gasteiger partial charge in [0.2, 0.25) is 11.8 Å². The fourth-order valence-corrected chi connectivity index (χ4v) is 2.78. The molecule has 0 unspecified atom stereocenters. The summed E-state index contributed by atoms with van der Waals surface area (Å²) in [4.78, 5) is 24.0. The van der Waals surface area contributed by atoms with Crippen molar-refractivity contribution in [1.29, 1.82) is 0 Å². The lowest BCUT2D eigenvalue weighted by atomic mass is 10.1. The summed E-state index contributed by atoms with van der Waals surface area (Å²) in [6.07, 6.45) is 0. The molecule has 1 fully saturated rings. The van der Waals surface area contributed by atoms with Crippen molar-refractivity contribution in [3.05, 3.63) is 29.8 Å². The number of carbonyl (C=O) groups excluding carboxylic acids is 2. The monoisotopic (exact) mass is 318 g/mol. The summed E-state index contributed by atoms with van der Waals surface area (Å²) in [7, 11) is 0. The zero-order valence-electron chi connectivity index (χ0n) is 11.9. The fourth-order valence-electron chi connectivity index (χ4n) is 2.10. The van der Waals surface area contributed by atoms with Crippen LogP contribution in [-0.4, -0.2) is 45.9 Å². The quantitative estimate of drug-likeness (QED) is 0.666. The Morgan fingerprint density at radius 2 is 2.14 bits per heavy atom.